The first-order valence-electron chi connectivity index (χ1n) is 10.2. The van der Waals surface area contributed by atoms with Crippen molar-refractivity contribution in [2.45, 2.75) is 38.3 Å². The molecule has 3 aromatic rings. The molecule has 2 aliphatic heterocycles. The molecule has 3 heteroatoms. The van der Waals surface area contributed by atoms with Crippen molar-refractivity contribution in [1.29, 1.82) is 0 Å². The zero-order chi connectivity index (χ0) is 18.4. The molecule has 1 N–H and O–H groups in total. The molecule has 0 bridgehead atoms. The normalized spacial score (nSPS) is 25.3. The maximum Gasteiger partial charge on any atom is 0.0638 e. The smallest absolute Gasteiger partial charge is 0.0638 e. The molecule has 0 radical (unpaired) electrons. The number of benzene rings is 2. The number of hydrogen-bond donors (Lipinski definition) is 1. The minimum Gasteiger partial charge on any atom is -0.396 e. The summed E-state index contributed by atoms with van der Waals surface area (Å²) in [7, 11) is 0. The fourth-order valence-electron chi connectivity index (χ4n) is 5.64. The third-order valence-electron chi connectivity index (χ3n) is 7.02. The van der Waals surface area contributed by atoms with Crippen LogP contribution in [0.15, 0.2) is 54.6 Å². The zero-order valence-electron chi connectivity index (χ0n) is 16.1. The Morgan fingerprint density at radius 2 is 1.81 bits per heavy atom. The van der Waals surface area contributed by atoms with Gasteiger partial charge in [0.25, 0.3) is 0 Å². The third-order valence-corrected chi connectivity index (χ3v) is 7.02. The van der Waals surface area contributed by atoms with Crippen LogP contribution in [0.2, 0.25) is 0 Å². The molecule has 2 atom stereocenters. The molecule has 3 heterocycles. The average molecular weight is 361 g/mol. The van der Waals surface area contributed by atoms with Gasteiger partial charge in [0.2, 0.25) is 0 Å². The fourth-order valence-corrected chi connectivity index (χ4v) is 5.64. The zero-order valence-corrected chi connectivity index (χ0v) is 16.1. The molecule has 1 saturated heterocycles. The van der Waals surface area contributed by atoms with E-state index >= 15 is 0 Å². The van der Waals surface area contributed by atoms with E-state index in [2.05, 4.69) is 71.0 Å². The van der Waals surface area contributed by atoms with Gasteiger partial charge in [-0.25, -0.2) is 0 Å². The summed E-state index contributed by atoms with van der Waals surface area (Å²) in [6, 6.07) is 19.6. The van der Waals surface area contributed by atoms with Gasteiger partial charge in [-0.1, -0.05) is 48.5 Å². The molecule has 3 nitrogen and oxygen atoms in total. The summed E-state index contributed by atoms with van der Waals surface area (Å²) in [5.74, 6) is 0.295. The van der Waals surface area contributed by atoms with Crippen LogP contribution in [-0.4, -0.2) is 34.3 Å². The Morgan fingerprint density at radius 1 is 1.04 bits per heavy atom. The summed E-state index contributed by atoms with van der Waals surface area (Å²) in [6.07, 6.45) is 3.40. The van der Waals surface area contributed by atoms with Crippen molar-refractivity contribution in [1.82, 2.24) is 9.47 Å². The number of nitrogens with zero attached hydrogens (tertiary/aromatic N) is 2. The molecule has 1 aromatic heterocycles. The topological polar surface area (TPSA) is 28.4 Å². The SMILES string of the molecule is C[C@@]12c3c(c4ccccc4n3Cc3ccccc3)CCN1CCC[C@H]2CO. The van der Waals surface area contributed by atoms with Gasteiger partial charge in [-0.15, -0.1) is 0 Å². The summed E-state index contributed by atoms with van der Waals surface area (Å²) in [6.45, 7) is 5.77. The monoisotopic (exact) mass is 360 g/mol. The van der Waals surface area contributed by atoms with E-state index in [1.54, 1.807) is 0 Å². The molecular weight excluding hydrogens is 332 g/mol. The number of aliphatic hydroxyl groups excluding tert-OH is 1. The highest BCUT2D eigenvalue weighted by Gasteiger charge is 2.49. The summed E-state index contributed by atoms with van der Waals surface area (Å²) in [4.78, 5) is 2.64. The van der Waals surface area contributed by atoms with Crippen LogP contribution in [0.25, 0.3) is 10.9 Å². The Kier molecular flexibility index (Phi) is 4.10. The first kappa shape index (κ1) is 17.0. The van der Waals surface area contributed by atoms with Crippen LogP contribution in [0, 0.1) is 5.92 Å². The van der Waals surface area contributed by atoms with Crippen molar-refractivity contribution in [2.24, 2.45) is 5.92 Å². The lowest BCUT2D eigenvalue weighted by atomic mass is 9.72. The number of piperidine rings is 1. The second-order valence-electron chi connectivity index (χ2n) is 8.32. The van der Waals surface area contributed by atoms with Gasteiger partial charge in [0, 0.05) is 42.2 Å². The highest BCUT2D eigenvalue weighted by Crippen LogP contribution is 2.48. The van der Waals surface area contributed by atoms with E-state index in [0.717, 1.165) is 32.5 Å². The lowest BCUT2D eigenvalue weighted by molar-refractivity contribution is -0.0327. The highest BCUT2D eigenvalue weighted by atomic mass is 16.3. The molecule has 0 unspecified atom stereocenters. The van der Waals surface area contributed by atoms with Gasteiger partial charge >= 0.3 is 0 Å². The van der Waals surface area contributed by atoms with E-state index in [1.165, 1.54) is 34.1 Å². The van der Waals surface area contributed by atoms with Crippen molar-refractivity contribution in [3.63, 3.8) is 0 Å². The first-order valence-corrected chi connectivity index (χ1v) is 10.2. The summed E-state index contributed by atoms with van der Waals surface area (Å²) >= 11 is 0. The number of hydrogen-bond acceptors (Lipinski definition) is 2. The van der Waals surface area contributed by atoms with E-state index in [0.29, 0.717) is 5.92 Å². The molecule has 0 saturated carbocycles. The summed E-state index contributed by atoms with van der Waals surface area (Å²) < 4.78 is 2.54. The summed E-state index contributed by atoms with van der Waals surface area (Å²) in [5.41, 5.74) is 5.52. The van der Waals surface area contributed by atoms with Crippen LogP contribution in [0.1, 0.15) is 36.6 Å². The van der Waals surface area contributed by atoms with Gasteiger partial charge < -0.3 is 9.67 Å². The quantitative estimate of drug-likeness (QED) is 0.759. The maximum atomic E-state index is 10.2. The predicted molar refractivity (Wildman–Crippen MR) is 110 cm³/mol. The molecule has 27 heavy (non-hydrogen) atoms. The molecule has 1 fully saturated rings. The van der Waals surface area contributed by atoms with Crippen LogP contribution in [-0.2, 0) is 18.5 Å². The van der Waals surface area contributed by atoms with Crippen molar-refractivity contribution in [3.05, 3.63) is 71.4 Å². The minimum atomic E-state index is -0.0889. The second kappa shape index (κ2) is 6.50. The van der Waals surface area contributed by atoms with Crippen LogP contribution >= 0.6 is 0 Å². The maximum absolute atomic E-state index is 10.2. The van der Waals surface area contributed by atoms with E-state index in [9.17, 15) is 5.11 Å². The van der Waals surface area contributed by atoms with Crippen LogP contribution < -0.4 is 0 Å². The van der Waals surface area contributed by atoms with Crippen molar-refractivity contribution < 1.29 is 5.11 Å². The predicted octanol–water partition coefficient (Wildman–Crippen LogP) is 4.17. The first-order chi connectivity index (χ1) is 13.2. The Morgan fingerprint density at radius 3 is 2.63 bits per heavy atom. The van der Waals surface area contributed by atoms with Gasteiger partial charge in [0.05, 0.1) is 5.54 Å². The van der Waals surface area contributed by atoms with Crippen molar-refractivity contribution in [3.8, 4) is 0 Å². The van der Waals surface area contributed by atoms with E-state index in [-0.39, 0.29) is 12.1 Å². The van der Waals surface area contributed by atoms with Crippen LogP contribution in [0.4, 0.5) is 0 Å². The Balaban J connectivity index is 1.76. The number of aliphatic hydroxyl groups is 1. The standard InChI is InChI=1S/C24H28N2O/c1-24-19(17-27)10-7-14-25(24)15-13-21-20-11-5-6-12-22(20)26(23(21)24)16-18-8-3-2-4-9-18/h2-6,8-9,11-12,19,27H,7,10,13-17H2,1H3/t19-,24+/m0/s1. The van der Waals surface area contributed by atoms with Crippen LogP contribution in [0.3, 0.4) is 0 Å². The lowest BCUT2D eigenvalue weighted by Gasteiger charge is -2.53. The Labute approximate surface area is 161 Å². The molecule has 0 aliphatic carbocycles. The largest absolute Gasteiger partial charge is 0.396 e. The second-order valence-corrected chi connectivity index (χ2v) is 8.32. The molecule has 5 rings (SSSR count). The molecule has 2 aromatic carbocycles. The lowest BCUT2D eigenvalue weighted by Crippen LogP contribution is -2.57. The van der Waals surface area contributed by atoms with E-state index < -0.39 is 0 Å². The highest BCUT2D eigenvalue weighted by molar-refractivity contribution is 5.86. The van der Waals surface area contributed by atoms with E-state index in [1.807, 2.05) is 0 Å². The van der Waals surface area contributed by atoms with Gasteiger partial charge in [-0.2, -0.15) is 0 Å². The number of rotatable bonds is 3. The average Bonchev–Trinajstić information content (AvgIpc) is 3.03. The number of para-hydroxylation sites is 1. The Bertz CT molecular complexity index is 961. The van der Waals surface area contributed by atoms with Gasteiger partial charge in [-0.05, 0) is 49.9 Å². The minimum absolute atomic E-state index is 0.0889. The molecule has 140 valence electrons. The molecular formula is C24H28N2O. The van der Waals surface area contributed by atoms with Gasteiger partial charge in [0.1, 0.15) is 0 Å². The number of fused-ring (bicyclic) bond motifs is 5. The van der Waals surface area contributed by atoms with E-state index in [4.69, 9.17) is 0 Å². The van der Waals surface area contributed by atoms with Crippen molar-refractivity contribution in [2.75, 3.05) is 19.7 Å². The Hall–Kier alpha value is -2.10. The van der Waals surface area contributed by atoms with Crippen LogP contribution in [0.5, 0.6) is 0 Å². The summed E-state index contributed by atoms with van der Waals surface area (Å²) in [5, 5.41) is 11.6. The van der Waals surface area contributed by atoms with Gasteiger partial charge in [-0.3, -0.25) is 4.90 Å². The van der Waals surface area contributed by atoms with Crippen molar-refractivity contribution >= 4 is 10.9 Å². The molecule has 0 spiro atoms. The molecule has 2 aliphatic rings. The fraction of sp³-hybridized carbons (Fsp3) is 0.417. The number of aromatic nitrogens is 1. The third kappa shape index (κ3) is 2.49. The molecule has 0 amide bonds. The van der Waals surface area contributed by atoms with Gasteiger partial charge in [0.15, 0.2) is 0 Å².